The van der Waals surface area contributed by atoms with Gasteiger partial charge in [0.05, 0.1) is 19.3 Å². The summed E-state index contributed by atoms with van der Waals surface area (Å²) in [6.07, 6.45) is 2.42. The first kappa shape index (κ1) is 14.8. The van der Waals surface area contributed by atoms with E-state index in [1.165, 1.54) is 0 Å². The number of amides is 1. The molecule has 2 unspecified atom stereocenters. The predicted molar refractivity (Wildman–Crippen MR) is 72.9 cm³/mol. The minimum absolute atomic E-state index is 0.208. The van der Waals surface area contributed by atoms with Crippen molar-refractivity contribution in [1.82, 2.24) is 9.80 Å². The molecule has 0 saturated carbocycles. The van der Waals surface area contributed by atoms with Gasteiger partial charge in [0.15, 0.2) is 0 Å². The van der Waals surface area contributed by atoms with Gasteiger partial charge in [-0.25, -0.2) is 0 Å². The molecule has 1 amide bonds. The Hall–Kier alpha value is -0.650. The van der Waals surface area contributed by atoms with Crippen LogP contribution in [0.3, 0.4) is 0 Å². The normalized spacial score (nSPS) is 26.6. The van der Waals surface area contributed by atoms with Crippen molar-refractivity contribution < 1.29 is 14.6 Å². The summed E-state index contributed by atoms with van der Waals surface area (Å²) < 4.78 is 5.24. The lowest BCUT2D eigenvalue weighted by atomic mass is 10.0. The Morgan fingerprint density at radius 3 is 2.74 bits per heavy atom. The molecule has 5 nitrogen and oxygen atoms in total. The highest BCUT2D eigenvalue weighted by Crippen LogP contribution is 2.19. The Labute approximate surface area is 115 Å². The summed E-state index contributed by atoms with van der Waals surface area (Å²) in [7, 11) is 0. The van der Waals surface area contributed by atoms with Crippen molar-refractivity contribution in [2.24, 2.45) is 5.92 Å². The molecule has 19 heavy (non-hydrogen) atoms. The molecule has 2 saturated heterocycles. The van der Waals surface area contributed by atoms with Crippen LogP contribution in [-0.4, -0.2) is 72.9 Å². The van der Waals surface area contributed by atoms with E-state index in [-0.39, 0.29) is 12.0 Å². The number of morpholine rings is 1. The van der Waals surface area contributed by atoms with Crippen molar-refractivity contribution in [3.8, 4) is 0 Å². The fraction of sp³-hybridized carbons (Fsp3) is 0.929. The van der Waals surface area contributed by atoms with E-state index in [1.807, 2.05) is 11.8 Å². The molecule has 0 spiro atoms. The first-order valence-electron chi connectivity index (χ1n) is 7.43. The third kappa shape index (κ3) is 4.44. The maximum Gasteiger partial charge on any atom is 0.222 e. The molecule has 110 valence electrons. The fourth-order valence-corrected chi connectivity index (χ4v) is 2.88. The summed E-state index contributed by atoms with van der Waals surface area (Å²) in [6, 6.07) is 0. The fourth-order valence-electron chi connectivity index (χ4n) is 2.88. The molecule has 2 aliphatic rings. The number of nitrogens with zero attached hydrogens (tertiary/aromatic N) is 2. The zero-order valence-corrected chi connectivity index (χ0v) is 11.9. The van der Waals surface area contributed by atoms with Crippen molar-refractivity contribution in [1.29, 1.82) is 0 Å². The molecule has 0 aromatic rings. The number of hydrogen-bond acceptors (Lipinski definition) is 4. The molecular weight excluding hydrogens is 244 g/mol. The van der Waals surface area contributed by atoms with Crippen molar-refractivity contribution >= 4 is 5.91 Å². The second kappa shape index (κ2) is 7.22. The van der Waals surface area contributed by atoms with E-state index < -0.39 is 0 Å². The first-order chi connectivity index (χ1) is 9.16. The van der Waals surface area contributed by atoms with Crippen LogP contribution in [0.25, 0.3) is 0 Å². The number of ether oxygens (including phenoxy) is 1. The van der Waals surface area contributed by atoms with Crippen LogP contribution in [0.15, 0.2) is 0 Å². The van der Waals surface area contributed by atoms with E-state index in [4.69, 9.17) is 4.74 Å². The summed E-state index contributed by atoms with van der Waals surface area (Å²) in [5, 5.41) is 9.55. The summed E-state index contributed by atoms with van der Waals surface area (Å²) in [4.78, 5) is 16.2. The van der Waals surface area contributed by atoms with Crippen LogP contribution in [-0.2, 0) is 9.53 Å². The molecule has 2 heterocycles. The average Bonchev–Trinajstić information content (AvgIpc) is 2.89. The highest BCUT2D eigenvalue weighted by Gasteiger charge is 2.25. The standard InChI is InChI=1S/C14H26N2O3/c1-12(17)13-4-6-15(11-13)5-2-3-14(18)16-7-9-19-10-8-16/h12-13,17H,2-11H2,1H3. The van der Waals surface area contributed by atoms with E-state index in [9.17, 15) is 9.90 Å². The molecule has 5 heteroatoms. The molecule has 0 radical (unpaired) electrons. The number of rotatable bonds is 5. The molecule has 0 bridgehead atoms. The molecular formula is C14H26N2O3. The maximum atomic E-state index is 12.0. The van der Waals surface area contributed by atoms with Gasteiger partial charge in [-0.2, -0.15) is 0 Å². The van der Waals surface area contributed by atoms with Crippen LogP contribution in [0, 0.1) is 5.92 Å². The van der Waals surface area contributed by atoms with Crippen LogP contribution >= 0.6 is 0 Å². The Morgan fingerprint density at radius 1 is 1.37 bits per heavy atom. The third-order valence-corrected chi connectivity index (χ3v) is 4.22. The highest BCUT2D eigenvalue weighted by atomic mass is 16.5. The number of likely N-dealkylation sites (tertiary alicyclic amines) is 1. The molecule has 2 fully saturated rings. The van der Waals surface area contributed by atoms with Gasteiger partial charge in [-0.3, -0.25) is 4.79 Å². The minimum Gasteiger partial charge on any atom is -0.393 e. The first-order valence-corrected chi connectivity index (χ1v) is 7.43. The SMILES string of the molecule is CC(O)C1CCN(CCCC(=O)N2CCOCC2)C1. The van der Waals surface area contributed by atoms with Crippen molar-refractivity contribution in [3.05, 3.63) is 0 Å². The number of carbonyl (C=O) groups excluding carboxylic acids is 1. The van der Waals surface area contributed by atoms with E-state index in [0.717, 1.165) is 45.6 Å². The molecule has 2 rings (SSSR count). The largest absolute Gasteiger partial charge is 0.393 e. The second-order valence-electron chi connectivity index (χ2n) is 5.69. The zero-order chi connectivity index (χ0) is 13.7. The summed E-state index contributed by atoms with van der Waals surface area (Å²) in [6.45, 7) is 7.71. The Morgan fingerprint density at radius 2 is 2.11 bits per heavy atom. The van der Waals surface area contributed by atoms with E-state index in [2.05, 4.69) is 4.90 Å². The van der Waals surface area contributed by atoms with Crippen molar-refractivity contribution in [2.45, 2.75) is 32.3 Å². The highest BCUT2D eigenvalue weighted by molar-refractivity contribution is 5.76. The monoisotopic (exact) mass is 270 g/mol. The zero-order valence-electron chi connectivity index (χ0n) is 11.9. The predicted octanol–water partition coefficient (Wildman–Crippen LogP) is 0.328. The number of carbonyl (C=O) groups is 1. The Balaban J connectivity index is 1.60. The molecule has 2 aliphatic heterocycles. The van der Waals surface area contributed by atoms with Gasteiger partial charge in [-0.15, -0.1) is 0 Å². The molecule has 0 aromatic heterocycles. The van der Waals surface area contributed by atoms with E-state index >= 15 is 0 Å². The van der Waals surface area contributed by atoms with Gasteiger partial charge in [-0.1, -0.05) is 0 Å². The van der Waals surface area contributed by atoms with Gasteiger partial charge in [0.25, 0.3) is 0 Å². The van der Waals surface area contributed by atoms with Gasteiger partial charge >= 0.3 is 0 Å². The molecule has 0 aliphatic carbocycles. The topological polar surface area (TPSA) is 53.0 Å². The van der Waals surface area contributed by atoms with Crippen molar-refractivity contribution in [3.63, 3.8) is 0 Å². The average molecular weight is 270 g/mol. The van der Waals surface area contributed by atoms with Gasteiger partial charge in [0.1, 0.15) is 0 Å². The Bertz CT molecular complexity index is 290. The van der Waals surface area contributed by atoms with Crippen molar-refractivity contribution in [2.75, 3.05) is 45.9 Å². The van der Waals surface area contributed by atoms with Crippen LogP contribution in [0.4, 0.5) is 0 Å². The molecule has 1 N–H and O–H groups in total. The minimum atomic E-state index is -0.208. The Kier molecular flexibility index (Phi) is 5.60. The van der Waals surface area contributed by atoms with Gasteiger partial charge in [-0.05, 0) is 38.8 Å². The quantitative estimate of drug-likeness (QED) is 0.782. The van der Waals surface area contributed by atoms with E-state index in [1.54, 1.807) is 0 Å². The molecule has 2 atom stereocenters. The number of aliphatic hydroxyl groups excluding tert-OH is 1. The molecule has 0 aromatic carbocycles. The van der Waals surface area contributed by atoms with Gasteiger partial charge < -0.3 is 19.6 Å². The van der Waals surface area contributed by atoms with Crippen LogP contribution < -0.4 is 0 Å². The second-order valence-corrected chi connectivity index (χ2v) is 5.69. The third-order valence-electron chi connectivity index (χ3n) is 4.22. The summed E-state index contributed by atoms with van der Waals surface area (Å²) in [5.41, 5.74) is 0. The van der Waals surface area contributed by atoms with Crippen LogP contribution in [0.2, 0.25) is 0 Å². The summed E-state index contributed by atoms with van der Waals surface area (Å²) >= 11 is 0. The van der Waals surface area contributed by atoms with Gasteiger partial charge in [0, 0.05) is 26.1 Å². The van der Waals surface area contributed by atoms with Crippen LogP contribution in [0.1, 0.15) is 26.2 Å². The number of aliphatic hydroxyl groups is 1. The lowest BCUT2D eigenvalue weighted by Gasteiger charge is -2.27. The summed E-state index contributed by atoms with van der Waals surface area (Å²) in [5.74, 6) is 0.671. The number of hydrogen-bond donors (Lipinski definition) is 1. The van der Waals surface area contributed by atoms with E-state index in [0.29, 0.717) is 25.6 Å². The maximum absolute atomic E-state index is 12.0. The smallest absolute Gasteiger partial charge is 0.222 e. The lowest BCUT2D eigenvalue weighted by Crippen LogP contribution is -2.40. The van der Waals surface area contributed by atoms with Gasteiger partial charge in [0.2, 0.25) is 5.91 Å². The van der Waals surface area contributed by atoms with Crippen LogP contribution in [0.5, 0.6) is 0 Å². The lowest BCUT2D eigenvalue weighted by molar-refractivity contribution is -0.135.